The molecule has 0 radical (unpaired) electrons. The molecule has 11 nitrogen and oxygen atoms in total. The molecule has 0 rings (SSSR count). The molecule has 0 aromatic carbocycles. The molecular weight excluding hydrogens is 320 g/mol. The van der Waals surface area contributed by atoms with Crippen molar-refractivity contribution in [3.05, 3.63) is 4.91 Å². The van der Waals surface area contributed by atoms with Gasteiger partial charge in [0.05, 0.1) is 0 Å². The molecule has 0 bridgehead atoms. The number of hydrogen-bond acceptors (Lipinski definition) is 8. The van der Waals surface area contributed by atoms with Crippen molar-refractivity contribution in [3.63, 3.8) is 0 Å². The molecule has 0 heterocycles. The minimum absolute atomic E-state index is 0.135. The molecule has 0 aliphatic carbocycles. The van der Waals surface area contributed by atoms with Gasteiger partial charge in [-0.15, -0.1) is 4.91 Å². The number of nitrogens with zero attached hydrogens (tertiary/aromatic N) is 1. The molecule has 124 valence electrons. The maximum atomic E-state index is 11.7. The normalized spacial score (nSPS) is 12.8. The molecule has 6 N–H and O–H groups in total. The minimum atomic E-state index is -1.27. The number of carboxylic acid groups (broad SMARTS) is 2. The molecule has 0 aromatic rings. The summed E-state index contributed by atoms with van der Waals surface area (Å²) in [6.45, 7) is -0.645. The first-order valence-corrected chi connectivity index (χ1v) is 6.94. The highest BCUT2D eigenvalue weighted by Crippen LogP contribution is 2.05. The van der Waals surface area contributed by atoms with Crippen LogP contribution in [0, 0.1) is 4.91 Å². The van der Waals surface area contributed by atoms with E-state index in [1.807, 2.05) is 0 Å². The number of nitrogens with one attached hydrogen (secondary N) is 2. The van der Waals surface area contributed by atoms with Crippen molar-refractivity contribution in [3.8, 4) is 0 Å². The predicted octanol–water partition coefficient (Wildman–Crippen LogP) is -1.72. The van der Waals surface area contributed by atoms with Gasteiger partial charge in [-0.2, -0.15) is 0 Å². The Labute approximate surface area is 129 Å². The van der Waals surface area contributed by atoms with Crippen LogP contribution < -0.4 is 16.4 Å². The maximum Gasteiger partial charge on any atom is 0.322 e. The van der Waals surface area contributed by atoms with Gasteiger partial charge < -0.3 is 26.6 Å². The number of nitroso groups, excluding NO2 is 1. The SMILES string of the molecule is NC(CCC(=O)N[C@@H](CSN=O)C(=O)NCC(=O)O)C(=O)O. The molecule has 0 aliphatic rings. The molecule has 1 unspecified atom stereocenters. The first-order valence-electron chi connectivity index (χ1n) is 5.99. The van der Waals surface area contributed by atoms with Gasteiger partial charge >= 0.3 is 11.9 Å². The molecule has 12 heteroatoms. The fourth-order valence-corrected chi connectivity index (χ4v) is 1.70. The van der Waals surface area contributed by atoms with Gasteiger partial charge in [0.1, 0.15) is 18.6 Å². The van der Waals surface area contributed by atoms with E-state index in [1.165, 1.54) is 0 Å². The first-order chi connectivity index (χ1) is 10.3. The number of rotatable bonds is 11. The summed E-state index contributed by atoms with van der Waals surface area (Å²) < 4.78 is 2.48. The van der Waals surface area contributed by atoms with Gasteiger partial charge in [-0.1, -0.05) is 0 Å². The Bertz CT molecular complexity index is 445. The second-order valence-corrected chi connectivity index (χ2v) is 4.83. The highest BCUT2D eigenvalue weighted by molar-refractivity contribution is 7.97. The average Bonchev–Trinajstić information content (AvgIpc) is 2.46. The van der Waals surface area contributed by atoms with Crippen LogP contribution in [0.5, 0.6) is 0 Å². The number of carbonyl (C=O) groups is 4. The Hall–Kier alpha value is -2.21. The highest BCUT2D eigenvalue weighted by atomic mass is 32.2. The van der Waals surface area contributed by atoms with Crippen LogP contribution in [0.3, 0.4) is 0 Å². The van der Waals surface area contributed by atoms with E-state index in [-0.39, 0.29) is 18.6 Å². The zero-order valence-electron chi connectivity index (χ0n) is 11.4. The van der Waals surface area contributed by atoms with Crippen LogP contribution in [0.2, 0.25) is 0 Å². The standard InChI is InChI=1S/C10H16N4O7S/c11-5(10(19)20)1-2-7(15)13-6(4-22-14-21)9(18)12-3-8(16)17/h5-6H,1-4,11H2,(H,12,18)(H,13,15)(H,16,17)(H,19,20)/t5?,6-/m0/s1. The molecule has 2 amide bonds. The quantitative estimate of drug-likeness (QED) is 0.216. The van der Waals surface area contributed by atoms with Crippen LogP contribution in [-0.4, -0.2) is 58.3 Å². The van der Waals surface area contributed by atoms with Crippen LogP contribution in [-0.2, 0) is 19.2 Å². The minimum Gasteiger partial charge on any atom is -0.480 e. The second kappa shape index (κ2) is 10.5. The molecule has 0 fully saturated rings. The number of amides is 2. The van der Waals surface area contributed by atoms with Crippen molar-refractivity contribution in [2.45, 2.75) is 24.9 Å². The van der Waals surface area contributed by atoms with E-state index in [9.17, 15) is 24.1 Å². The molecule has 2 atom stereocenters. The summed E-state index contributed by atoms with van der Waals surface area (Å²) in [5.74, 6) is -4.17. The van der Waals surface area contributed by atoms with E-state index in [0.29, 0.717) is 11.9 Å². The zero-order valence-corrected chi connectivity index (χ0v) is 12.2. The Morgan fingerprint density at radius 3 is 2.36 bits per heavy atom. The van der Waals surface area contributed by atoms with Crippen molar-refractivity contribution in [2.24, 2.45) is 10.3 Å². The first kappa shape index (κ1) is 19.8. The second-order valence-electron chi connectivity index (χ2n) is 4.09. The monoisotopic (exact) mass is 336 g/mol. The molecule has 0 spiro atoms. The van der Waals surface area contributed by atoms with Gasteiger partial charge in [0, 0.05) is 28.7 Å². The number of aliphatic carboxylic acids is 2. The molecule has 0 saturated carbocycles. The molecule has 0 aliphatic heterocycles. The lowest BCUT2D eigenvalue weighted by atomic mass is 10.1. The number of nitrogens with two attached hydrogens (primary N) is 1. The van der Waals surface area contributed by atoms with Gasteiger partial charge in [0.25, 0.3) is 0 Å². The molecule has 22 heavy (non-hydrogen) atoms. The van der Waals surface area contributed by atoms with E-state index in [1.54, 1.807) is 0 Å². The third-order valence-corrected chi connectivity index (χ3v) is 2.95. The van der Waals surface area contributed by atoms with Crippen molar-refractivity contribution in [2.75, 3.05) is 12.3 Å². The van der Waals surface area contributed by atoms with Crippen molar-refractivity contribution < 1.29 is 29.4 Å². The van der Waals surface area contributed by atoms with E-state index >= 15 is 0 Å². The Morgan fingerprint density at radius 2 is 1.86 bits per heavy atom. The summed E-state index contributed by atoms with van der Waals surface area (Å²) in [5, 5.41) is 21.3. The molecule has 0 saturated heterocycles. The van der Waals surface area contributed by atoms with Gasteiger partial charge in [-0.3, -0.25) is 19.2 Å². The number of carbonyl (C=O) groups excluding carboxylic acids is 2. The lowest BCUT2D eigenvalue weighted by molar-refractivity contribution is -0.139. The predicted molar refractivity (Wildman–Crippen MR) is 75.7 cm³/mol. The summed E-state index contributed by atoms with van der Waals surface area (Å²) in [5.41, 5.74) is 5.23. The third kappa shape index (κ3) is 8.86. The Balaban J connectivity index is 4.46. The molecular formula is C10H16N4O7S. The van der Waals surface area contributed by atoms with Crippen LogP contribution in [0.25, 0.3) is 0 Å². The van der Waals surface area contributed by atoms with Gasteiger partial charge in [0.15, 0.2) is 0 Å². The van der Waals surface area contributed by atoms with E-state index < -0.39 is 42.4 Å². The van der Waals surface area contributed by atoms with Crippen LogP contribution in [0.1, 0.15) is 12.8 Å². The number of carboxylic acids is 2. The van der Waals surface area contributed by atoms with Crippen molar-refractivity contribution in [1.29, 1.82) is 0 Å². The largest absolute Gasteiger partial charge is 0.480 e. The Morgan fingerprint density at radius 1 is 1.23 bits per heavy atom. The summed E-state index contributed by atoms with van der Waals surface area (Å²) >= 11 is 0.478. The van der Waals surface area contributed by atoms with Crippen molar-refractivity contribution >= 4 is 35.7 Å². The lowest BCUT2D eigenvalue weighted by Gasteiger charge is -2.16. The topological polar surface area (TPSA) is 188 Å². The maximum absolute atomic E-state index is 11.7. The Kier molecular flexibility index (Phi) is 9.45. The van der Waals surface area contributed by atoms with E-state index in [4.69, 9.17) is 15.9 Å². The summed E-state index contributed by atoms with van der Waals surface area (Å²) in [6, 6.07) is -2.38. The highest BCUT2D eigenvalue weighted by Gasteiger charge is 2.22. The van der Waals surface area contributed by atoms with Crippen LogP contribution in [0.15, 0.2) is 4.58 Å². The smallest absolute Gasteiger partial charge is 0.322 e. The number of hydrogen-bond donors (Lipinski definition) is 5. The van der Waals surface area contributed by atoms with Gasteiger partial charge in [-0.25, -0.2) is 0 Å². The zero-order chi connectivity index (χ0) is 17.1. The third-order valence-electron chi connectivity index (χ3n) is 2.36. The van der Waals surface area contributed by atoms with E-state index in [0.717, 1.165) is 0 Å². The molecule has 0 aromatic heterocycles. The van der Waals surface area contributed by atoms with Gasteiger partial charge in [0.2, 0.25) is 11.8 Å². The summed E-state index contributed by atoms with van der Waals surface area (Å²) in [6.07, 6.45) is -0.376. The average molecular weight is 336 g/mol. The lowest BCUT2D eigenvalue weighted by Crippen LogP contribution is -2.49. The van der Waals surface area contributed by atoms with Gasteiger partial charge in [-0.05, 0) is 6.42 Å². The van der Waals surface area contributed by atoms with E-state index in [2.05, 4.69) is 15.2 Å². The van der Waals surface area contributed by atoms with Crippen LogP contribution >= 0.6 is 11.9 Å². The van der Waals surface area contributed by atoms with Crippen LogP contribution in [0.4, 0.5) is 0 Å². The summed E-state index contributed by atoms with van der Waals surface area (Å²) in [7, 11) is 0. The fraction of sp³-hybridized carbons (Fsp3) is 0.600. The van der Waals surface area contributed by atoms with Crippen molar-refractivity contribution in [1.82, 2.24) is 10.6 Å². The summed E-state index contributed by atoms with van der Waals surface area (Å²) in [4.78, 5) is 54.2. The fourth-order valence-electron chi connectivity index (χ4n) is 1.25.